The Kier molecular flexibility index (Phi) is 8.77. The fraction of sp³-hybridized carbons (Fsp3) is 0.684. The molecule has 8 heteroatoms. The van der Waals surface area contributed by atoms with E-state index >= 15 is 0 Å². The van der Waals surface area contributed by atoms with E-state index in [0.717, 1.165) is 32.8 Å². The Balaban J connectivity index is 1.79. The Labute approximate surface area is 160 Å². The molecule has 0 unspecified atom stereocenters. The van der Waals surface area contributed by atoms with E-state index in [-0.39, 0.29) is 18.2 Å². The minimum absolute atomic E-state index is 0.0569. The van der Waals surface area contributed by atoms with Crippen LogP contribution in [-0.4, -0.2) is 87.8 Å². The number of carbonyl (C=O) groups is 2. The molecule has 27 heavy (non-hydrogen) atoms. The van der Waals surface area contributed by atoms with Gasteiger partial charge in [0.2, 0.25) is 5.91 Å². The Morgan fingerprint density at radius 1 is 1.26 bits per heavy atom. The van der Waals surface area contributed by atoms with E-state index in [9.17, 15) is 9.59 Å². The molecule has 0 atom stereocenters. The number of hydrogen-bond acceptors (Lipinski definition) is 6. The van der Waals surface area contributed by atoms with Crippen LogP contribution in [0.2, 0.25) is 0 Å². The number of morpholine rings is 1. The molecule has 8 nitrogen and oxygen atoms in total. The molecule has 1 fully saturated rings. The van der Waals surface area contributed by atoms with Gasteiger partial charge in [-0.3, -0.25) is 14.5 Å². The second kappa shape index (κ2) is 11.1. The van der Waals surface area contributed by atoms with E-state index in [1.54, 1.807) is 25.0 Å². The molecule has 2 amide bonds. The zero-order valence-electron chi connectivity index (χ0n) is 16.6. The van der Waals surface area contributed by atoms with Gasteiger partial charge in [-0.2, -0.15) is 0 Å². The van der Waals surface area contributed by atoms with E-state index in [1.807, 2.05) is 6.92 Å². The molecule has 0 spiro atoms. The highest BCUT2D eigenvalue weighted by Gasteiger charge is 2.21. The molecular formula is C19H31N3O5. The molecule has 1 aromatic rings. The van der Waals surface area contributed by atoms with Crippen molar-refractivity contribution in [2.45, 2.75) is 20.3 Å². The number of amides is 2. The standard InChI is InChI=1S/C19H31N3O5/c1-15-14-17(16(2)27-15)19(24)22(10-11-25-3)6-4-18(23)20-5-7-21-8-12-26-13-9-21/h14H,4-13H2,1-3H3,(H,20,23). The molecular weight excluding hydrogens is 350 g/mol. The molecule has 1 aliphatic rings. The van der Waals surface area contributed by atoms with Gasteiger partial charge in [-0.05, 0) is 19.9 Å². The number of ether oxygens (including phenoxy) is 2. The number of hydrogen-bond donors (Lipinski definition) is 1. The maximum absolute atomic E-state index is 12.8. The highest BCUT2D eigenvalue weighted by molar-refractivity contribution is 5.95. The maximum atomic E-state index is 12.8. The molecule has 1 saturated heterocycles. The molecule has 0 saturated carbocycles. The van der Waals surface area contributed by atoms with Crippen molar-refractivity contribution < 1.29 is 23.5 Å². The van der Waals surface area contributed by atoms with Crippen LogP contribution in [0.25, 0.3) is 0 Å². The molecule has 2 rings (SSSR count). The van der Waals surface area contributed by atoms with Crippen LogP contribution in [0.4, 0.5) is 0 Å². The summed E-state index contributed by atoms with van der Waals surface area (Å²) in [5.41, 5.74) is 0.538. The predicted octanol–water partition coefficient (Wildman–Crippen LogP) is 0.824. The number of nitrogens with one attached hydrogen (secondary N) is 1. The summed E-state index contributed by atoms with van der Waals surface area (Å²) in [6.07, 6.45) is 0.258. The van der Waals surface area contributed by atoms with Crippen molar-refractivity contribution >= 4 is 11.8 Å². The van der Waals surface area contributed by atoms with Gasteiger partial charge in [0.1, 0.15) is 11.5 Å². The summed E-state index contributed by atoms with van der Waals surface area (Å²) in [7, 11) is 1.59. The Hall–Kier alpha value is -1.90. The van der Waals surface area contributed by atoms with Gasteiger partial charge in [-0.25, -0.2) is 0 Å². The van der Waals surface area contributed by atoms with E-state index in [2.05, 4.69) is 10.2 Å². The fourth-order valence-electron chi connectivity index (χ4n) is 3.03. The van der Waals surface area contributed by atoms with Crippen LogP contribution in [0, 0.1) is 13.8 Å². The number of rotatable bonds is 10. The third-order valence-electron chi connectivity index (χ3n) is 4.59. The van der Waals surface area contributed by atoms with Gasteiger partial charge in [0, 0.05) is 52.8 Å². The van der Waals surface area contributed by atoms with Crippen LogP contribution >= 0.6 is 0 Å². The zero-order chi connectivity index (χ0) is 19.6. The Morgan fingerprint density at radius 2 is 2.00 bits per heavy atom. The molecule has 0 aromatic carbocycles. The Morgan fingerprint density at radius 3 is 2.63 bits per heavy atom. The average molecular weight is 381 g/mol. The van der Waals surface area contributed by atoms with Crippen LogP contribution in [0.5, 0.6) is 0 Å². The van der Waals surface area contributed by atoms with Gasteiger partial charge in [-0.15, -0.1) is 0 Å². The maximum Gasteiger partial charge on any atom is 0.257 e. The summed E-state index contributed by atoms with van der Waals surface area (Å²) in [5.74, 6) is 1.10. The van der Waals surface area contributed by atoms with Crippen LogP contribution < -0.4 is 5.32 Å². The summed E-state index contributed by atoms with van der Waals surface area (Å²) in [4.78, 5) is 28.8. The van der Waals surface area contributed by atoms with E-state index in [1.165, 1.54) is 0 Å². The van der Waals surface area contributed by atoms with Crippen LogP contribution in [0.15, 0.2) is 10.5 Å². The lowest BCUT2D eigenvalue weighted by Crippen LogP contribution is -2.42. The van der Waals surface area contributed by atoms with Gasteiger partial charge in [0.05, 0.1) is 25.4 Å². The van der Waals surface area contributed by atoms with E-state index in [4.69, 9.17) is 13.9 Å². The summed E-state index contributed by atoms with van der Waals surface area (Å²) in [6.45, 7) is 9.49. The normalized spacial score (nSPS) is 14.9. The van der Waals surface area contributed by atoms with Crippen molar-refractivity contribution in [2.75, 3.05) is 66.2 Å². The highest BCUT2D eigenvalue weighted by Crippen LogP contribution is 2.16. The number of furan rings is 1. The van der Waals surface area contributed by atoms with Crippen molar-refractivity contribution in [1.82, 2.24) is 15.1 Å². The molecule has 152 valence electrons. The molecule has 1 aromatic heterocycles. The van der Waals surface area contributed by atoms with Crippen molar-refractivity contribution in [1.29, 1.82) is 0 Å². The minimum atomic E-state index is -0.137. The lowest BCUT2D eigenvalue weighted by molar-refractivity contribution is -0.121. The zero-order valence-corrected chi connectivity index (χ0v) is 16.6. The summed E-state index contributed by atoms with van der Waals surface area (Å²) < 4.78 is 15.9. The first kappa shape index (κ1) is 21.4. The Bertz CT molecular complexity index is 610. The number of nitrogens with zero attached hydrogens (tertiary/aromatic N) is 2. The molecule has 0 radical (unpaired) electrons. The summed E-state index contributed by atoms with van der Waals surface area (Å²) >= 11 is 0. The number of carbonyl (C=O) groups excluding carboxylic acids is 2. The molecule has 2 heterocycles. The van der Waals surface area contributed by atoms with E-state index in [0.29, 0.717) is 43.3 Å². The van der Waals surface area contributed by atoms with Gasteiger partial charge in [0.15, 0.2) is 0 Å². The fourth-order valence-corrected chi connectivity index (χ4v) is 3.03. The second-order valence-electron chi connectivity index (χ2n) is 6.67. The second-order valence-corrected chi connectivity index (χ2v) is 6.67. The first-order chi connectivity index (χ1) is 13.0. The average Bonchev–Trinajstić information content (AvgIpc) is 3.00. The molecule has 1 aliphatic heterocycles. The van der Waals surface area contributed by atoms with Crippen molar-refractivity contribution in [3.63, 3.8) is 0 Å². The summed E-state index contributed by atoms with van der Waals surface area (Å²) in [5, 5.41) is 2.93. The summed E-state index contributed by atoms with van der Waals surface area (Å²) in [6, 6.07) is 1.74. The number of methoxy groups -OCH3 is 1. The first-order valence-electron chi connectivity index (χ1n) is 9.43. The highest BCUT2D eigenvalue weighted by atomic mass is 16.5. The monoisotopic (exact) mass is 381 g/mol. The minimum Gasteiger partial charge on any atom is -0.466 e. The molecule has 0 bridgehead atoms. The predicted molar refractivity (Wildman–Crippen MR) is 101 cm³/mol. The first-order valence-corrected chi connectivity index (χ1v) is 9.43. The lowest BCUT2D eigenvalue weighted by atomic mass is 10.2. The molecule has 1 N–H and O–H groups in total. The molecule has 0 aliphatic carbocycles. The van der Waals surface area contributed by atoms with Gasteiger partial charge < -0.3 is 24.1 Å². The third-order valence-corrected chi connectivity index (χ3v) is 4.59. The number of aryl methyl sites for hydroxylation is 2. The van der Waals surface area contributed by atoms with Crippen LogP contribution in [-0.2, 0) is 14.3 Å². The van der Waals surface area contributed by atoms with Crippen molar-refractivity contribution in [3.8, 4) is 0 Å². The SMILES string of the molecule is COCCN(CCC(=O)NCCN1CCOCC1)C(=O)c1cc(C)oc1C. The van der Waals surface area contributed by atoms with Gasteiger partial charge in [0.25, 0.3) is 5.91 Å². The quantitative estimate of drug-likeness (QED) is 0.646. The van der Waals surface area contributed by atoms with Gasteiger partial charge in [-0.1, -0.05) is 0 Å². The van der Waals surface area contributed by atoms with Crippen molar-refractivity contribution in [2.24, 2.45) is 0 Å². The van der Waals surface area contributed by atoms with Crippen molar-refractivity contribution in [3.05, 3.63) is 23.2 Å². The largest absolute Gasteiger partial charge is 0.466 e. The van der Waals surface area contributed by atoms with E-state index < -0.39 is 0 Å². The lowest BCUT2D eigenvalue weighted by Gasteiger charge is -2.26. The van der Waals surface area contributed by atoms with Crippen LogP contribution in [0.1, 0.15) is 28.3 Å². The van der Waals surface area contributed by atoms with Gasteiger partial charge >= 0.3 is 0 Å². The smallest absolute Gasteiger partial charge is 0.257 e. The van der Waals surface area contributed by atoms with Crippen LogP contribution in [0.3, 0.4) is 0 Å². The topological polar surface area (TPSA) is 84.3 Å². The third kappa shape index (κ3) is 6.97.